The number of halogens is 1. The first kappa shape index (κ1) is 9.95. The van der Waals surface area contributed by atoms with Gasteiger partial charge in [0.25, 0.3) is 0 Å². The first-order valence-electron chi connectivity index (χ1n) is 3.68. The fraction of sp³-hybridized carbons (Fsp3) is 0. The van der Waals surface area contributed by atoms with E-state index in [0.29, 0.717) is 0 Å². The molecule has 1 aromatic carbocycles. The minimum absolute atomic E-state index is 0.0480. The number of nitrogens with one attached hydrogen (secondary N) is 1. The van der Waals surface area contributed by atoms with Gasteiger partial charge in [0.1, 0.15) is 11.9 Å². The molecule has 1 aromatic rings. The highest BCUT2D eigenvalue weighted by Crippen LogP contribution is 2.18. The Morgan fingerprint density at radius 2 is 2.29 bits per heavy atom. The average Bonchev–Trinajstić information content (AvgIpc) is 2.20. The number of nitrogens with zero attached hydrogens (tertiary/aromatic N) is 2. The van der Waals surface area contributed by atoms with Crippen molar-refractivity contribution in [1.29, 1.82) is 5.26 Å². The molecule has 0 spiro atoms. The highest BCUT2D eigenvalue weighted by atomic mass is 19.1. The maximum atomic E-state index is 12.7. The normalized spacial score (nSPS) is 10.8. The van der Waals surface area contributed by atoms with Crippen LogP contribution < -0.4 is 17.0 Å². The molecule has 0 aromatic heterocycles. The highest BCUT2D eigenvalue weighted by Gasteiger charge is 2.02. The minimum atomic E-state index is -0.500. The van der Waals surface area contributed by atoms with Crippen molar-refractivity contribution in [2.75, 3.05) is 0 Å². The summed E-state index contributed by atoms with van der Waals surface area (Å²) in [6, 6.07) is 5.40. The fourth-order valence-electron chi connectivity index (χ4n) is 0.857. The topological polar surface area (TPSA) is 100 Å². The number of hydrogen-bond donors (Lipinski definition) is 3. The lowest BCUT2D eigenvalue weighted by atomic mass is 10.2. The van der Waals surface area contributed by atoms with E-state index < -0.39 is 5.82 Å². The summed E-state index contributed by atoms with van der Waals surface area (Å²) in [6.07, 6.45) is 0. The van der Waals surface area contributed by atoms with Gasteiger partial charge in [0.15, 0.2) is 0 Å². The molecule has 0 unspecified atom stereocenters. The first-order chi connectivity index (χ1) is 6.67. The van der Waals surface area contributed by atoms with Crippen molar-refractivity contribution in [2.45, 2.75) is 0 Å². The SMILES string of the molecule is N#Cc1cc(F)ccc1N=C(N)NN. The van der Waals surface area contributed by atoms with E-state index in [2.05, 4.69) is 10.4 Å². The lowest BCUT2D eigenvalue weighted by Gasteiger charge is -2.00. The van der Waals surface area contributed by atoms with E-state index in [0.717, 1.165) is 6.07 Å². The molecular weight excluding hydrogens is 185 g/mol. The summed E-state index contributed by atoms with van der Waals surface area (Å²) in [6.45, 7) is 0. The standard InChI is InChI=1S/C8H8FN5/c9-6-1-2-7(5(3-6)4-10)13-8(11)14-12/h1-3H,12H2,(H3,11,13,14). The van der Waals surface area contributed by atoms with Crippen LogP contribution >= 0.6 is 0 Å². The van der Waals surface area contributed by atoms with Crippen molar-refractivity contribution in [2.24, 2.45) is 16.6 Å². The Hall–Kier alpha value is -2.13. The van der Waals surface area contributed by atoms with Crippen LogP contribution in [0.15, 0.2) is 23.2 Å². The largest absolute Gasteiger partial charge is 0.369 e. The molecule has 0 aliphatic carbocycles. The molecule has 1 rings (SSSR count). The van der Waals surface area contributed by atoms with Crippen molar-refractivity contribution < 1.29 is 4.39 Å². The molecule has 0 atom stereocenters. The van der Waals surface area contributed by atoms with Crippen molar-refractivity contribution in [3.05, 3.63) is 29.6 Å². The molecule has 0 aliphatic rings. The lowest BCUT2D eigenvalue weighted by molar-refractivity contribution is 0.627. The monoisotopic (exact) mass is 193 g/mol. The molecule has 5 N–H and O–H groups in total. The van der Waals surface area contributed by atoms with Gasteiger partial charge in [-0.05, 0) is 18.2 Å². The van der Waals surface area contributed by atoms with Gasteiger partial charge in [0.05, 0.1) is 11.3 Å². The summed E-state index contributed by atoms with van der Waals surface area (Å²) >= 11 is 0. The number of hydrazine groups is 1. The maximum Gasteiger partial charge on any atom is 0.208 e. The van der Waals surface area contributed by atoms with Crippen LogP contribution in [-0.4, -0.2) is 5.96 Å². The van der Waals surface area contributed by atoms with Crippen LogP contribution in [0.25, 0.3) is 0 Å². The van der Waals surface area contributed by atoms with E-state index in [4.69, 9.17) is 16.8 Å². The van der Waals surface area contributed by atoms with E-state index in [9.17, 15) is 4.39 Å². The Morgan fingerprint density at radius 1 is 1.57 bits per heavy atom. The summed E-state index contributed by atoms with van der Waals surface area (Å²) in [7, 11) is 0. The second kappa shape index (κ2) is 4.20. The zero-order chi connectivity index (χ0) is 10.6. The van der Waals surface area contributed by atoms with Crippen molar-refractivity contribution >= 4 is 11.6 Å². The van der Waals surface area contributed by atoms with Gasteiger partial charge in [0, 0.05) is 0 Å². The quantitative estimate of drug-likeness (QED) is 0.255. The van der Waals surface area contributed by atoms with Gasteiger partial charge in [0.2, 0.25) is 5.96 Å². The van der Waals surface area contributed by atoms with E-state index in [1.807, 2.05) is 0 Å². The number of aliphatic imine (C=N–C) groups is 1. The molecule has 0 aliphatic heterocycles. The van der Waals surface area contributed by atoms with E-state index in [-0.39, 0.29) is 17.2 Å². The predicted octanol–water partition coefficient (Wildman–Crippen LogP) is 0.107. The Kier molecular flexibility index (Phi) is 2.99. The zero-order valence-electron chi connectivity index (χ0n) is 7.16. The molecule has 72 valence electrons. The van der Waals surface area contributed by atoms with Gasteiger partial charge in [-0.15, -0.1) is 0 Å². The molecule has 0 bridgehead atoms. The van der Waals surface area contributed by atoms with Crippen molar-refractivity contribution in [3.8, 4) is 6.07 Å². The molecule has 14 heavy (non-hydrogen) atoms. The van der Waals surface area contributed by atoms with Gasteiger partial charge in [-0.3, -0.25) is 5.43 Å². The molecule has 0 heterocycles. The van der Waals surface area contributed by atoms with Crippen molar-refractivity contribution in [1.82, 2.24) is 5.43 Å². The molecule has 0 fully saturated rings. The van der Waals surface area contributed by atoms with Crippen LogP contribution in [0.1, 0.15) is 5.56 Å². The second-order valence-electron chi connectivity index (χ2n) is 2.41. The van der Waals surface area contributed by atoms with Gasteiger partial charge < -0.3 is 5.73 Å². The molecule has 0 amide bonds. The smallest absolute Gasteiger partial charge is 0.208 e. The molecule has 5 nitrogen and oxygen atoms in total. The Balaban J connectivity index is 3.17. The van der Waals surface area contributed by atoms with Gasteiger partial charge in [-0.25, -0.2) is 15.2 Å². The van der Waals surface area contributed by atoms with Crippen LogP contribution in [0.4, 0.5) is 10.1 Å². The first-order valence-corrected chi connectivity index (χ1v) is 3.68. The van der Waals surface area contributed by atoms with Gasteiger partial charge in [-0.1, -0.05) is 0 Å². The molecule has 0 saturated heterocycles. The fourth-order valence-corrected chi connectivity index (χ4v) is 0.857. The van der Waals surface area contributed by atoms with Gasteiger partial charge >= 0.3 is 0 Å². The molecular formula is C8H8FN5. The third kappa shape index (κ3) is 2.18. The number of guanidine groups is 1. The Bertz CT molecular complexity index is 407. The number of benzene rings is 1. The number of nitriles is 1. The summed E-state index contributed by atoms with van der Waals surface area (Å²) in [5.74, 6) is 4.43. The highest BCUT2D eigenvalue weighted by molar-refractivity contribution is 5.81. The molecule has 0 radical (unpaired) electrons. The summed E-state index contributed by atoms with van der Waals surface area (Å²) < 4.78 is 12.7. The van der Waals surface area contributed by atoms with Crippen molar-refractivity contribution in [3.63, 3.8) is 0 Å². The zero-order valence-corrected chi connectivity index (χ0v) is 7.16. The Morgan fingerprint density at radius 3 is 2.86 bits per heavy atom. The summed E-state index contributed by atoms with van der Waals surface area (Å²) in [5.41, 5.74) is 7.75. The second-order valence-corrected chi connectivity index (χ2v) is 2.41. The minimum Gasteiger partial charge on any atom is -0.369 e. The van der Waals surface area contributed by atoms with Crippen LogP contribution in [0.2, 0.25) is 0 Å². The lowest BCUT2D eigenvalue weighted by Crippen LogP contribution is -2.36. The molecule has 6 heteroatoms. The third-order valence-corrected chi connectivity index (χ3v) is 1.47. The van der Waals surface area contributed by atoms with Gasteiger partial charge in [-0.2, -0.15) is 5.26 Å². The number of rotatable bonds is 1. The summed E-state index contributed by atoms with van der Waals surface area (Å²) in [5, 5.41) is 8.65. The third-order valence-electron chi connectivity index (χ3n) is 1.47. The average molecular weight is 193 g/mol. The van der Waals surface area contributed by atoms with E-state index in [1.54, 1.807) is 6.07 Å². The molecule has 0 saturated carbocycles. The Labute approximate surface area is 79.8 Å². The van der Waals surface area contributed by atoms with Crippen LogP contribution in [0.5, 0.6) is 0 Å². The summed E-state index contributed by atoms with van der Waals surface area (Å²) in [4.78, 5) is 3.76. The number of hydrogen-bond acceptors (Lipinski definition) is 3. The maximum absolute atomic E-state index is 12.7. The van der Waals surface area contributed by atoms with Crippen LogP contribution in [-0.2, 0) is 0 Å². The number of nitrogens with two attached hydrogens (primary N) is 2. The van der Waals surface area contributed by atoms with Crippen LogP contribution in [0, 0.1) is 17.1 Å². The van der Waals surface area contributed by atoms with E-state index >= 15 is 0 Å². The predicted molar refractivity (Wildman–Crippen MR) is 49.7 cm³/mol. The van der Waals surface area contributed by atoms with E-state index in [1.165, 1.54) is 12.1 Å². The van der Waals surface area contributed by atoms with Crippen LogP contribution in [0.3, 0.4) is 0 Å².